The summed E-state index contributed by atoms with van der Waals surface area (Å²) in [6.45, 7) is 0. The van der Waals surface area contributed by atoms with Crippen LogP contribution in [0.5, 0.6) is 0 Å². The van der Waals surface area contributed by atoms with Gasteiger partial charge in [-0.3, -0.25) is 9.78 Å². The van der Waals surface area contributed by atoms with Crippen molar-refractivity contribution in [1.82, 2.24) is 10.3 Å². The molecule has 2 aromatic rings. The molecule has 0 bridgehead atoms. The number of aromatic nitrogens is 1. The van der Waals surface area contributed by atoms with Gasteiger partial charge in [0.2, 0.25) is 0 Å². The van der Waals surface area contributed by atoms with E-state index in [1.807, 2.05) is 0 Å². The van der Waals surface area contributed by atoms with Gasteiger partial charge in [-0.2, -0.15) is 0 Å². The summed E-state index contributed by atoms with van der Waals surface area (Å²) in [6, 6.07) is 11.2. The van der Waals surface area contributed by atoms with Crippen molar-refractivity contribution in [3.05, 3.63) is 71.9 Å². The number of hydrogen-bond donors (Lipinski definition) is 2. The number of carbonyl (C=O) groups is 1. The van der Waals surface area contributed by atoms with Gasteiger partial charge in [0, 0.05) is 23.7 Å². The summed E-state index contributed by atoms with van der Waals surface area (Å²) in [6.07, 6.45) is 5.28. The maximum absolute atomic E-state index is 13.9. The first kappa shape index (κ1) is 16.8. The van der Waals surface area contributed by atoms with Crippen LogP contribution in [0.2, 0.25) is 0 Å². The smallest absolute Gasteiger partial charge is 0.270 e. The van der Waals surface area contributed by atoms with E-state index in [4.69, 9.17) is 5.73 Å². The zero-order chi connectivity index (χ0) is 17.6. The topological polar surface area (TPSA) is 80.4 Å². The standard InChI is InChI=1S/C19H19FN4O/c20-14-6-1-2-7-17(14)23-15-9-5-10-16(13(15)12-21)24-19(25)18-8-3-4-11-22-18/h1-4,6-8,11-12,16H,5,9-10,21H2,(H,24,25). The van der Waals surface area contributed by atoms with E-state index >= 15 is 0 Å². The highest BCUT2D eigenvalue weighted by molar-refractivity contribution is 6.04. The van der Waals surface area contributed by atoms with Crippen molar-refractivity contribution in [3.63, 3.8) is 0 Å². The van der Waals surface area contributed by atoms with Crippen LogP contribution in [0.25, 0.3) is 0 Å². The lowest BCUT2D eigenvalue weighted by Gasteiger charge is -2.27. The third-order valence-corrected chi connectivity index (χ3v) is 4.11. The number of nitrogens with zero attached hydrogens (tertiary/aromatic N) is 2. The van der Waals surface area contributed by atoms with E-state index in [9.17, 15) is 9.18 Å². The monoisotopic (exact) mass is 338 g/mol. The van der Waals surface area contributed by atoms with Gasteiger partial charge < -0.3 is 11.1 Å². The van der Waals surface area contributed by atoms with Crippen LogP contribution in [0, 0.1) is 5.82 Å². The number of nitrogens with one attached hydrogen (secondary N) is 1. The van der Waals surface area contributed by atoms with Gasteiger partial charge in [0.25, 0.3) is 5.91 Å². The van der Waals surface area contributed by atoms with Gasteiger partial charge in [0.1, 0.15) is 11.5 Å². The molecule has 0 saturated heterocycles. The molecule has 128 valence electrons. The number of aliphatic imine (C=N–C) groups is 1. The molecule has 1 unspecified atom stereocenters. The first-order chi connectivity index (χ1) is 12.2. The van der Waals surface area contributed by atoms with E-state index in [1.54, 1.807) is 42.6 Å². The summed E-state index contributed by atoms with van der Waals surface area (Å²) in [4.78, 5) is 20.8. The van der Waals surface area contributed by atoms with Crippen molar-refractivity contribution < 1.29 is 9.18 Å². The van der Waals surface area contributed by atoms with Gasteiger partial charge in [0.05, 0.1) is 11.7 Å². The number of carbonyl (C=O) groups excluding carboxylic acids is 1. The van der Waals surface area contributed by atoms with Crippen molar-refractivity contribution in [2.45, 2.75) is 25.3 Å². The van der Waals surface area contributed by atoms with E-state index in [0.717, 1.165) is 18.4 Å². The number of para-hydroxylation sites is 1. The van der Waals surface area contributed by atoms with Gasteiger partial charge in [-0.25, -0.2) is 9.38 Å². The van der Waals surface area contributed by atoms with Crippen molar-refractivity contribution in [1.29, 1.82) is 0 Å². The molecular formula is C19H19FN4O. The number of hydrogen-bond acceptors (Lipinski definition) is 4. The third kappa shape index (κ3) is 3.91. The van der Waals surface area contributed by atoms with Crippen molar-refractivity contribution >= 4 is 17.3 Å². The fourth-order valence-corrected chi connectivity index (χ4v) is 2.87. The first-order valence-corrected chi connectivity index (χ1v) is 8.15. The minimum Gasteiger partial charge on any atom is -0.404 e. The van der Waals surface area contributed by atoms with Crippen LogP contribution >= 0.6 is 0 Å². The van der Waals surface area contributed by atoms with Crippen molar-refractivity contribution in [3.8, 4) is 0 Å². The number of pyridine rings is 1. The summed E-state index contributed by atoms with van der Waals surface area (Å²) in [5, 5.41) is 2.94. The Hall–Kier alpha value is -3.02. The average molecular weight is 338 g/mol. The minimum absolute atomic E-state index is 0.265. The van der Waals surface area contributed by atoms with E-state index in [1.165, 1.54) is 12.3 Å². The molecule has 1 aromatic carbocycles. The molecule has 25 heavy (non-hydrogen) atoms. The van der Waals surface area contributed by atoms with E-state index < -0.39 is 0 Å². The zero-order valence-electron chi connectivity index (χ0n) is 13.7. The fraction of sp³-hybridized carbons (Fsp3) is 0.211. The first-order valence-electron chi connectivity index (χ1n) is 8.15. The van der Waals surface area contributed by atoms with Crippen LogP contribution in [0.1, 0.15) is 29.8 Å². The predicted molar refractivity (Wildman–Crippen MR) is 95.1 cm³/mol. The summed E-state index contributed by atoms with van der Waals surface area (Å²) in [7, 11) is 0. The molecule has 1 saturated carbocycles. The van der Waals surface area contributed by atoms with Gasteiger partial charge in [-0.1, -0.05) is 18.2 Å². The average Bonchev–Trinajstić information content (AvgIpc) is 2.64. The van der Waals surface area contributed by atoms with Gasteiger partial charge in [0.15, 0.2) is 0 Å². The highest BCUT2D eigenvalue weighted by Crippen LogP contribution is 2.26. The van der Waals surface area contributed by atoms with Crippen LogP contribution in [0.3, 0.4) is 0 Å². The number of benzene rings is 1. The fourth-order valence-electron chi connectivity index (χ4n) is 2.87. The van der Waals surface area contributed by atoms with Gasteiger partial charge >= 0.3 is 0 Å². The molecule has 0 radical (unpaired) electrons. The van der Waals surface area contributed by atoms with Crippen LogP contribution in [-0.2, 0) is 0 Å². The van der Waals surface area contributed by atoms with Crippen LogP contribution in [0.4, 0.5) is 10.1 Å². The Labute approximate surface area is 145 Å². The quantitative estimate of drug-likeness (QED) is 0.902. The zero-order valence-corrected chi connectivity index (χ0v) is 13.7. The number of rotatable bonds is 3. The third-order valence-electron chi connectivity index (χ3n) is 4.11. The molecule has 1 fully saturated rings. The lowest BCUT2D eigenvalue weighted by Crippen LogP contribution is -2.41. The molecule has 3 rings (SSSR count). The normalized spacial score (nSPS) is 20.6. The highest BCUT2D eigenvalue weighted by atomic mass is 19.1. The maximum Gasteiger partial charge on any atom is 0.270 e. The van der Waals surface area contributed by atoms with Crippen molar-refractivity contribution in [2.75, 3.05) is 0 Å². The van der Waals surface area contributed by atoms with Crippen LogP contribution in [-0.4, -0.2) is 22.6 Å². The highest BCUT2D eigenvalue weighted by Gasteiger charge is 2.26. The molecule has 1 aliphatic carbocycles. The molecule has 5 nitrogen and oxygen atoms in total. The molecule has 1 amide bonds. The summed E-state index contributed by atoms with van der Waals surface area (Å²) in [5.41, 5.74) is 7.82. The maximum atomic E-state index is 13.9. The Morgan fingerprint density at radius 3 is 2.80 bits per heavy atom. The van der Waals surface area contributed by atoms with E-state index in [2.05, 4.69) is 15.3 Å². The number of nitrogens with two attached hydrogens (primary N) is 1. The molecule has 1 aromatic heterocycles. The number of amides is 1. The second kappa shape index (κ2) is 7.70. The molecule has 0 spiro atoms. The summed E-state index contributed by atoms with van der Waals surface area (Å²) >= 11 is 0. The second-order valence-corrected chi connectivity index (χ2v) is 5.77. The molecule has 6 heteroatoms. The Balaban J connectivity index is 1.82. The Morgan fingerprint density at radius 2 is 2.08 bits per heavy atom. The lowest BCUT2D eigenvalue weighted by atomic mass is 9.88. The largest absolute Gasteiger partial charge is 0.404 e. The molecule has 0 aliphatic heterocycles. The lowest BCUT2D eigenvalue weighted by molar-refractivity contribution is 0.0936. The Kier molecular flexibility index (Phi) is 5.18. The van der Waals surface area contributed by atoms with E-state index in [0.29, 0.717) is 17.8 Å². The Morgan fingerprint density at radius 1 is 1.28 bits per heavy atom. The van der Waals surface area contributed by atoms with Crippen LogP contribution in [0.15, 0.2) is 65.4 Å². The predicted octanol–water partition coefficient (Wildman–Crippen LogP) is 3.12. The molecule has 1 aliphatic rings. The number of halogens is 1. The summed E-state index contributed by atoms with van der Waals surface area (Å²) < 4.78 is 13.9. The molecule has 1 atom stereocenters. The summed E-state index contributed by atoms with van der Waals surface area (Å²) in [5.74, 6) is -0.650. The van der Waals surface area contributed by atoms with Gasteiger partial charge in [-0.15, -0.1) is 0 Å². The molecule has 1 heterocycles. The van der Waals surface area contributed by atoms with E-state index in [-0.39, 0.29) is 23.5 Å². The minimum atomic E-state index is -0.383. The molecular weight excluding hydrogens is 319 g/mol. The Bertz CT molecular complexity index is 817. The van der Waals surface area contributed by atoms with Crippen LogP contribution < -0.4 is 11.1 Å². The van der Waals surface area contributed by atoms with Gasteiger partial charge in [-0.05, 0) is 43.5 Å². The van der Waals surface area contributed by atoms with Crippen molar-refractivity contribution in [2.24, 2.45) is 10.7 Å². The second-order valence-electron chi connectivity index (χ2n) is 5.77. The molecule has 3 N–H and O–H groups in total. The SMILES string of the molecule is NC=C1C(=Nc2ccccc2F)CCCC1NC(=O)c1ccccn1.